The number of rotatable bonds is 12. The van der Waals surface area contributed by atoms with Crippen molar-refractivity contribution in [2.24, 2.45) is 0 Å². The van der Waals surface area contributed by atoms with Crippen molar-refractivity contribution in [1.82, 2.24) is 0 Å². The fourth-order valence-electron chi connectivity index (χ4n) is 4.11. The van der Waals surface area contributed by atoms with E-state index >= 15 is 0 Å². The molecule has 0 amide bonds. The molecule has 0 aliphatic carbocycles. The van der Waals surface area contributed by atoms with Crippen LogP contribution >= 0.6 is 0 Å². The zero-order chi connectivity index (χ0) is 40.1. The Hall–Kier alpha value is -4.80. The van der Waals surface area contributed by atoms with Gasteiger partial charge in [0, 0.05) is 22.3 Å². The van der Waals surface area contributed by atoms with Gasteiger partial charge in [0.05, 0.1) is 0 Å². The van der Waals surface area contributed by atoms with Crippen LogP contribution in [0.25, 0.3) is 0 Å². The van der Waals surface area contributed by atoms with E-state index in [4.69, 9.17) is 4.74 Å². The lowest BCUT2D eigenvalue weighted by Gasteiger charge is -2.27. The average Bonchev–Trinajstić information content (AvgIpc) is 3.04. The van der Waals surface area contributed by atoms with Crippen molar-refractivity contribution in [2.45, 2.75) is 34.7 Å². The molecule has 288 valence electrons. The minimum Gasteiger partial charge on any atom is -0.457 e. The normalized spacial score (nSPS) is 13.8. The molecule has 0 spiro atoms. The molecule has 0 heterocycles. The highest BCUT2D eigenvalue weighted by Crippen LogP contribution is 2.51. The summed E-state index contributed by atoms with van der Waals surface area (Å²) in [5.74, 6) is -23.0. The molecule has 0 atom stereocenters. The summed E-state index contributed by atoms with van der Waals surface area (Å²) in [4.78, 5) is 0. The second-order valence-corrected chi connectivity index (χ2v) is 13.5. The van der Waals surface area contributed by atoms with Gasteiger partial charge in [0.2, 0.25) is 0 Å². The number of halogens is 14. The van der Waals surface area contributed by atoms with E-state index in [1.54, 1.807) is 0 Å². The highest BCUT2D eigenvalue weighted by molar-refractivity contribution is 7.88. The van der Waals surface area contributed by atoms with Crippen LogP contribution in [0.4, 0.5) is 61.5 Å². The van der Waals surface area contributed by atoms with Gasteiger partial charge < -0.3 is 13.1 Å². The molecule has 0 aliphatic rings. The van der Waals surface area contributed by atoms with Crippen molar-refractivity contribution in [3.05, 3.63) is 119 Å². The van der Waals surface area contributed by atoms with Crippen molar-refractivity contribution < 1.29 is 91.4 Å². The Bertz CT molecular complexity index is 1980. The minimum absolute atomic E-state index is 0.206. The van der Waals surface area contributed by atoms with E-state index in [2.05, 4.69) is 8.37 Å². The molecule has 0 N–H and O–H groups in total. The van der Waals surface area contributed by atoms with E-state index in [0.717, 1.165) is 24.3 Å². The Labute approximate surface area is 288 Å². The second kappa shape index (κ2) is 13.6. The maximum absolute atomic E-state index is 14.9. The van der Waals surface area contributed by atoms with Crippen LogP contribution in [-0.2, 0) is 43.9 Å². The van der Waals surface area contributed by atoms with Crippen molar-refractivity contribution in [1.29, 1.82) is 0 Å². The van der Waals surface area contributed by atoms with Gasteiger partial charge in [0.15, 0.2) is 0 Å². The van der Waals surface area contributed by atoms with Gasteiger partial charge in [0.1, 0.15) is 23.0 Å². The summed E-state index contributed by atoms with van der Waals surface area (Å²) >= 11 is 0. The number of hydrogen-bond donors (Lipinski definition) is 0. The van der Waals surface area contributed by atoms with E-state index < -0.39 is 88.7 Å². The maximum Gasteiger partial charge on any atom is 0.534 e. The summed E-state index contributed by atoms with van der Waals surface area (Å²) in [7, 11) is -12.4. The SMILES string of the molecule is O=S(=O)(Oc1ccc(C(F)(F)C(F)(F)c2ccc(Oc3ccc(C(F)(F)C(F)(F)c4ccc(OS(=O)(=O)C(F)(F)F)cc4)cc3)cc2)cc1)C(F)(F)F. The largest absolute Gasteiger partial charge is 0.534 e. The van der Waals surface area contributed by atoms with Crippen LogP contribution in [0.15, 0.2) is 97.1 Å². The van der Waals surface area contributed by atoms with Gasteiger partial charge in [-0.2, -0.15) is 78.3 Å². The lowest BCUT2D eigenvalue weighted by molar-refractivity contribution is -0.223. The van der Waals surface area contributed by atoms with E-state index in [9.17, 15) is 78.3 Å². The van der Waals surface area contributed by atoms with Crippen LogP contribution in [0.3, 0.4) is 0 Å². The molecule has 0 bridgehead atoms. The lowest BCUT2D eigenvalue weighted by Crippen LogP contribution is -2.35. The lowest BCUT2D eigenvalue weighted by atomic mass is 9.96. The predicted molar refractivity (Wildman–Crippen MR) is 153 cm³/mol. The second-order valence-electron chi connectivity index (χ2n) is 10.5. The van der Waals surface area contributed by atoms with Crippen molar-refractivity contribution >= 4 is 20.2 Å². The Morgan fingerprint density at radius 1 is 0.321 bits per heavy atom. The fraction of sp³-hybridized carbons (Fsp3) is 0.200. The molecule has 0 aromatic heterocycles. The first kappa shape index (κ1) is 41.0. The molecule has 4 aromatic carbocycles. The first-order chi connectivity index (χ1) is 24.0. The smallest absolute Gasteiger partial charge is 0.457 e. The van der Waals surface area contributed by atoms with Gasteiger partial charge in [-0.3, -0.25) is 0 Å². The Morgan fingerprint density at radius 2 is 0.509 bits per heavy atom. The van der Waals surface area contributed by atoms with E-state index in [1.165, 1.54) is 0 Å². The Balaban J connectivity index is 1.46. The van der Waals surface area contributed by atoms with Crippen molar-refractivity contribution in [2.75, 3.05) is 0 Å². The zero-order valence-electron chi connectivity index (χ0n) is 25.2. The maximum atomic E-state index is 14.9. The summed E-state index contributed by atoms with van der Waals surface area (Å²) < 4.78 is 251. The third-order valence-electron chi connectivity index (χ3n) is 6.87. The first-order valence-electron chi connectivity index (χ1n) is 13.7. The average molecular weight is 819 g/mol. The first-order valence-corrected chi connectivity index (χ1v) is 16.5. The molecular formula is C30H16F14O7S2. The predicted octanol–water partition coefficient (Wildman–Crippen LogP) is 9.70. The summed E-state index contributed by atoms with van der Waals surface area (Å²) in [5, 5.41) is 0. The highest BCUT2D eigenvalue weighted by atomic mass is 32.2. The summed E-state index contributed by atoms with van der Waals surface area (Å²) in [6, 6.07) is 6.80. The standard InChI is InChI=1S/C30H16F14O7S2/c31-25(32,27(35,36)19-5-13-23(14-6-19)50-52(45,46)29(39,40)41)17-1-9-21(10-2-17)49-22-11-3-18(4-12-22)26(33,34)28(37,38)20-7-15-24(16-8-20)51-53(47,48)30(42,43)44/h1-16H. The van der Waals surface area contributed by atoms with Gasteiger partial charge in [0.25, 0.3) is 0 Å². The van der Waals surface area contributed by atoms with Crippen LogP contribution < -0.4 is 13.1 Å². The van der Waals surface area contributed by atoms with Gasteiger partial charge >= 0.3 is 54.9 Å². The number of benzene rings is 4. The quantitative estimate of drug-likeness (QED) is 0.0799. The molecule has 0 saturated heterocycles. The van der Waals surface area contributed by atoms with Crippen LogP contribution in [0.1, 0.15) is 22.3 Å². The molecule has 0 radical (unpaired) electrons. The monoisotopic (exact) mass is 818 g/mol. The summed E-state index contributed by atoms with van der Waals surface area (Å²) in [5.41, 5.74) is -17.3. The van der Waals surface area contributed by atoms with Gasteiger partial charge in [-0.1, -0.05) is 0 Å². The molecule has 0 saturated carbocycles. The van der Waals surface area contributed by atoms with Gasteiger partial charge in [-0.05, 0) is 97.1 Å². The van der Waals surface area contributed by atoms with Crippen LogP contribution in [0.5, 0.6) is 23.0 Å². The van der Waals surface area contributed by atoms with Gasteiger partial charge in [-0.15, -0.1) is 0 Å². The van der Waals surface area contributed by atoms with Crippen LogP contribution in [0.2, 0.25) is 0 Å². The minimum atomic E-state index is -6.19. The molecule has 0 unspecified atom stereocenters. The summed E-state index contributed by atoms with van der Waals surface area (Å²) in [6.07, 6.45) is 0. The fourth-order valence-corrected chi connectivity index (χ4v) is 5.03. The highest BCUT2D eigenvalue weighted by Gasteiger charge is 2.59. The molecule has 53 heavy (non-hydrogen) atoms. The number of ether oxygens (including phenoxy) is 1. The van der Waals surface area contributed by atoms with Crippen molar-refractivity contribution in [3.8, 4) is 23.0 Å². The molecule has 4 rings (SSSR count). The van der Waals surface area contributed by atoms with Crippen molar-refractivity contribution in [3.63, 3.8) is 0 Å². The molecule has 0 fully saturated rings. The molecule has 4 aromatic rings. The Kier molecular flexibility index (Phi) is 10.5. The van der Waals surface area contributed by atoms with E-state index in [-0.39, 0.29) is 60.0 Å². The third kappa shape index (κ3) is 8.09. The van der Waals surface area contributed by atoms with Crippen LogP contribution in [-0.4, -0.2) is 27.9 Å². The van der Waals surface area contributed by atoms with E-state index in [1.807, 2.05) is 0 Å². The molecule has 7 nitrogen and oxygen atoms in total. The molecule has 23 heteroatoms. The number of hydrogen-bond acceptors (Lipinski definition) is 7. The molecule has 0 aliphatic heterocycles. The van der Waals surface area contributed by atoms with E-state index in [0.29, 0.717) is 24.3 Å². The Morgan fingerprint density at radius 3 is 0.698 bits per heavy atom. The van der Waals surface area contributed by atoms with Crippen LogP contribution in [0, 0.1) is 0 Å². The van der Waals surface area contributed by atoms with Gasteiger partial charge in [-0.25, -0.2) is 0 Å². The molecular weight excluding hydrogens is 802 g/mol. The topological polar surface area (TPSA) is 96.0 Å². The zero-order valence-corrected chi connectivity index (χ0v) is 26.8. The summed E-state index contributed by atoms with van der Waals surface area (Å²) in [6.45, 7) is 0. The number of alkyl halides is 14. The third-order valence-corrected chi connectivity index (χ3v) is 8.83.